The van der Waals surface area contributed by atoms with Crippen LogP contribution in [0.4, 0.5) is 19.0 Å². The molecule has 0 radical (unpaired) electrons. The van der Waals surface area contributed by atoms with E-state index in [-0.39, 0.29) is 18.7 Å². The van der Waals surface area contributed by atoms with Crippen molar-refractivity contribution in [3.05, 3.63) is 23.4 Å². The number of nitrogens with zero attached hydrogens (tertiary/aromatic N) is 1. The van der Waals surface area contributed by atoms with Crippen LogP contribution in [-0.2, 0) is 4.79 Å². The summed E-state index contributed by atoms with van der Waals surface area (Å²) in [5, 5.41) is 2.83. The molecule has 0 aromatic carbocycles. The number of halogens is 4. The van der Waals surface area contributed by atoms with Gasteiger partial charge < -0.3 is 5.32 Å². The molecule has 1 amide bonds. The lowest BCUT2D eigenvalue weighted by molar-refractivity contribution is -0.197. The first-order valence-corrected chi connectivity index (χ1v) is 6.75. The summed E-state index contributed by atoms with van der Waals surface area (Å²) in [4.78, 5) is 15.9. The van der Waals surface area contributed by atoms with E-state index in [4.69, 9.17) is 11.6 Å². The zero-order chi connectivity index (χ0) is 14.8. The summed E-state index contributed by atoms with van der Waals surface area (Å²) in [5.41, 5.74) is 0. The third-order valence-corrected chi connectivity index (χ3v) is 3.73. The first-order chi connectivity index (χ1) is 9.38. The van der Waals surface area contributed by atoms with E-state index in [0.717, 1.165) is 0 Å². The molecule has 1 fully saturated rings. The molecule has 1 saturated carbocycles. The van der Waals surface area contributed by atoms with Gasteiger partial charge in [0.2, 0.25) is 5.91 Å². The lowest BCUT2D eigenvalue weighted by Gasteiger charge is -2.31. The first-order valence-electron chi connectivity index (χ1n) is 6.37. The molecule has 110 valence electrons. The van der Waals surface area contributed by atoms with Gasteiger partial charge in [0, 0.05) is 12.1 Å². The van der Waals surface area contributed by atoms with E-state index in [1.807, 2.05) is 0 Å². The number of alkyl halides is 3. The van der Waals surface area contributed by atoms with Crippen molar-refractivity contribution < 1.29 is 18.0 Å². The molecule has 1 N–H and O–H groups in total. The summed E-state index contributed by atoms with van der Waals surface area (Å²) in [6.45, 7) is 0. The van der Waals surface area contributed by atoms with Gasteiger partial charge in [-0.3, -0.25) is 4.79 Å². The fourth-order valence-corrected chi connectivity index (χ4v) is 2.62. The third kappa shape index (κ3) is 3.62. The van der Waals surface area contributed by atoms with Gasteiger partial charge in [-0.1, -0.05) is 24.4 Å². The molecule has 0 bridgehead atoms. The van der Waals surface area contributed by atoms with Crippen molar-refractivity contribution in [2.24, 2.45) is 11.8 Å². The molecule has 0 spiro atoms. The maximum Gasteiger partial charge on any atom is 0.392 e. The highest BCUT2D eigenvalue weighted by Crippen LogP contribution is 2.41. The Morgan fingerprint density at radius 1 is 1.30 bits per heavy atom. The molecule has 20 heavy (non-hydrogen) atoms. The standard InChI is InChI=1S/C13H14ClF3N2O/c14-8-5-6-11(18-7-8)19-12(20)9-3-1-2-4-10(9)13(15,16)17/h5-7,9-10H,1-4H2,(H,18,19,20). The second-order valence-corrected chi connectivity index (χ2v) is 5.33. The lowest BCUT2D eigenvalue weighted by Crippen LogP contribution is -2.39. The molecule has 0 saturated heterocycles. The van der Waals surface area contributed by atoms with Crippen LogP contribution in [0.15, 0.2) is 18.3 Å². The summed E-state index contributed by atoms with van der Waals surface area (Å²) in [5.74, 6) is -3.02. The van der Waals surface area contributed by atoms with Gasteiger partial charge in [0.25, 0.3) is 0 Å². The summed E-state index contributed by atoms with van der Waals surface area (Å²) < 4.78 is 38.8. The first kappa shape index (κ1) is 15.1. The molecule has 1 aliphatic carbocycles. The highest BCUT2D eigenvalue weighted by molar-refractivity contribution is 6.30. The van der Waals surface area contributed by atoms with E-state index in [2.05, 4.69) is 10.3 Å². The molecule has 3 nitrogen and oxygen atoms in total. The Balaban J connectivity index is 2.08. The van der Waals surface area contributed by atoms with Crippen LogP contribution in [-0.4, -0.2) is 17.1 Å². The lowest BCUT2D eigenvalue weighted by atomic mass is 9.78. The molecule has 2 unspecified atom stereocenters. The fraction of sp³-hybridized carbons (Fsp3) is 0.538. The van der Waals surface area contributed by atoms with Crippen LogP contribution < -0.4 is 5.32 Å². The monoisotopic (exact) mass is 306 g/mol. The Hall–Kier alpha value is -1.30. The van der Waals surface area contributed by atoms with Gasteiger partial charge in [-0.25, -0.2) is 4.98 Å². The predicted molar refractivity (Wildman–Crippen MR) is 69.4 cm³/mol. The quantitative estimate of drug-likeness (QED) is 0.896. The van der Waals surface area contributed by atoms with Crippen molar-refractivity contribution in [2.75, 3.05) is 5.32 Å². The molecule has 0 aliphatic heterocycles. The van der Waals surface area contributed by atoms with E-state index >= 15 is 0 Å². The molecule has 1 heterocycles. The van der Waals surface area contributed by atoms with E-state index < -0.39 is 23.9 Å². The minimum absolute atomic E-state index is 0.00956. The Morgan fingerprint density at radius 3 is 2.60 bits per heavy atom. The van der Waals surface area contributed by atoms with Gasteiger partial charge in [-0.15, -0.1) is 0 Å². The molecule has 1 aliphatic rings. The second kappa shape index (κ2) is 5.99. The van der Waals surface area contributed by atoms with Gasteiger partial charge in [0.15, 0.2) is 0 Å². The molecule has 2 rings (SSSR count). The van der Waals surface area contributed by atoms with Crippen molar-refractivity contribution >= 4 is 23.3 Å². The number of amides is 1. The topological polar surface area (TPSA) is 42.0 Å². The zero-order valence-corrected chi connectivity index (χ0v) is 11.3. The molecule has 1 aromatic rings. The second-order valence-electron chi connectivity index (χ2n) is 4.89. The molecule has 1 aromatic heterocycles. The summed E-state index contributed by atoms with van der Waals surface area (Å²) in [6, 6.07) is 2.98. The van der Waals surface area contributed by atoms with Crippen LogP contribution in [0.25, 0.3) is 0 Å². The molecular formula is C13H14ClF3N2O. The molecular weight excluding hydrogens is 293 g/mol. The Bertz CT molecular complexity index is 475. The van der Waals surface area contributed by atoms with Crippen molar-refractivity contribution in [1.82, 2.24) is 4.98 Å². The Morgan fingerprint density at radius 2 is 2.00 bits per heavy atom. The third-order valence-electron chi connectivity index (χ3n) is 3.50. The fourth-order valence-electron chi connectivity index (χ4n) is 2.51. The number of anilines is 1. The van der Waals surface area contributed by atoms with Gasteiger partial charge >= 0.3 is 6.18 Å². The van der Waals surface area contributed by atoms with Gasteiger partial charge in [-0.2, -0.15) is 13.2 Å². The van der Waals surface area contributed by atoms with E-state index in [1.54, 1.807) is 0 Å². The Kier molecular flexibility index (Phi) is 4.52. The maximum absolute atomic E-state index is 12.9. The van der Waals surface area contributed by atoms with Crippen LogP contribution in [0, 0.1) is 11.8 Å². The minimum atomic E-state index is -4.34. The number of carbonyl (C=O) groups is 1. The van der Waals surface area contributed by atoms with Crippen molar-refractivity contribution in [3.63, 3.8) is 0 Å². The van der Waals surface area contributed by atoms with Gasteiger partial charge in [0.05, 0.1) is 10.9 Å². The van der Waals surface area contributed by atoms with Gasteiger partial charge in [-0.05, 0) is 25.0 Å². The summed E-state index contributed by atoms with van der Waals surface area (Å²) in [6.07, 6.45) is -1.60. The van der Waals surface area contributed by atoms with Gasteiger partial charge in [0.1, 0.15) is 5.82 Å². The average Bonchev–Trinajstić information content (AvgIpc) is 2.40. The number of nitrogens with one attached hydrogen (secondary N) is 1. The smallest absolute Gasteiger partial charge is 0.310 e. The van der Waals surface area contributed by atoms with Crippen LogP contribution in [0.1, 0.15) is 25.7 Å². The summed E-state index contributed by atoms with van der Waals surface area (Å²) >= 11 is 5.66. The van der Waals surface area contributed by atoms with Crippen LogP contribution in [0.3, 0.4) is 0 Å². The number of hydrogen-bond donors (Lipinski definition) is 1. The number of pyridine rings is 1. The number of carbonyl (C=O) groups excluding carboxylic acids is 1. The van der Waals surface area contributed by atoms with Crippen molar-refractivity contribution in [2.45, 2.75) is 31.9 Å². The van der Waals surface area contributed by atoms with E-state index in [0.29, 0.717) is 17.9 Å². The Labute approximate surface area is 119 Å². The van der Waals surface area contributed by atoms with Crippen molar-refractivity contribution in [1.29, 1.82) is 0 Å². The highest BCUT2D eigenvalue weighted by atomic mass is 35.5. The van der Waals surface area contributed by atoms with Crippen LogP contribution in [0.2, 0.25) is 5.02 Å². The number of rotatable bonds is 2. The highest BCUT2D eigenvalue weighted by Gasteiger charge is 2.48. The SMILES string of the molecule is O=C(Nc1ccc(Cl)cn1)C1CCCCC1C(F)(F)F. The zero-order valence-electron chi connectivity index (χ0n) is 10.6. The van der Waals surface area contributed by atoms with Crippen LogP contribution in [0.5, 0.6) is 0 Å². The van der Waals surface area contributed by atoms with E-state index in [9.17, 15) is 18.0 Å². The summed E-state index contributed by atoms with van der Waals surface area (Å²) in [7, 11) is 0. The van der Waals surface area contributed by atoms with Crippen LogP contribution >= 0.6 is 11.6 Å². The number of aromatic nitrogens is 1. The van der Waals surface area contributed by atoms with Crippen molar-refractivity contribution in [3.8, 4) is 0 Å². The minimum Gasteiger partial charge on any atom is -0.310 e. The average molecular weight is 307 g/mol. The molecule has 7 heteroatoms. The van der Waals surface area contributed by atoms with E-state index in [1.165, 1.54) is 18.3 Å². The number of hydrogen-bond acceptors (Lipinski definition) is 2. The molecule has 2 atom stereocenters. The predicted octanol–water partition coefficient (Wildman–Crippen LogP) is 4.04. The normalized spacial score (nSPS) is 23.4. The maximum atomic E-state index is 12.9. The largest absolute Gasteiger partial charge is 0.392 e.